The predicted molar refractivity (Wildman–Crippen MR) is 88.6 cm³/mol. The second-order valence-electron chi connectivity index (χ2n) is 5.31. The Morgan fingerprint density at radius 3 is 3.08 bits per heavy atom. The van der Waals surface area contributed by atoms with Crippen molar-refractivity contribution in [1.29, 1.82) is 0 Å². The van der Waals surface area contributed by atoms with Crippen molar-refractivity contribution in [2.75, 3.05) is 11.9 Å². The van der Waals surface area contributed by atoms with Gasteiger partial charge < -0.3 is 21.1 Å². The number of aromatic nitrogens is 1. The molecule has 0 spiro atoms. The van der Waals surface area contributed by atoms with Crippen molar-refractivity contribution in [3.63, 3.8) is 0 Å². The largest absolute Gasteiger partial charge is 0.495 e. The van der Waals surface area contributed by atoms with Crippen molar-refractivity contribution in [2.24, 2.45) is 5.73 Å². The van der Waals surface area contributed by atoms with Gasteiger partial charge in [0.1, 0.15) is 6.61 Å². The van der Waals surface area contributed by atoms with Crippen LogP contribution in [0.25, 0.3) is 10.6 Å². The normalized spacial score (nSPS) is 16.0. The van der Waals surface area contributed by atoms with Crippen LogP contribution in [0.5, 0.6) is 0 Å². The van der Waals surface area contributed by atoms with Crippen LogP contribution in [0.4, 0.5) is 10.2 Å². The summed E-state index contributed by atoms with van der Waals surface area (Å²) in [6, 6.07) is 3.71. The Kier molecular flexibility index (Phi) is 3.46. The first-order valence-electron chi connectivity index (χ1n) is 7.23. The summed E-state index contributed by atoms with van der Waals surface area (Å²) in [6.45, 7) is 0.367. The zero-order valence-corrected chi connectivity index (χ0v) is 13.2. The maximum atomic E-state index is 14.8. The average molecular weight is 344 g/mol. The number of ether oxygens (including phenoxy) is 1. The minimum Gasteiger partial charge on any atom is -0.495 e. The number of anilines is 1. The van der Waals surface area contributed by atoms with Crippen LogP contribution >= 0.6 is 11.3 Å². The number of nitrogens with two attached hydrogens (primary N) is 1. The van der Waals surface area contributed by atoms with E-state index in [2.05, 4.69) is 15.6 Å². The minimum absolute atomic E-state index is 0.0400. The van der Waals surface area contributed by atoms with Crippen molar-refractivity contribution >= 4 is 23.1 Å². The van der Waals surface area contributed by atoms with Gasteiger partial charge >= 0.3 is 0 Å². The number of carbonyl (C=O) groups excluding carboxylic acids is 1. The lowest BCUT2D eigenvalue weighted by Crippen LogP contribution is -2.17. The highest BCUT2D eigenvalue weighted by atomic mass is 32.1. The molecule has 122 valence electrons. The number of fused-ring (bicyclic) bond motifs is 1. The third-order valence-electron chi connectivity index (χ3n) is 3.81. The SMILES string of the molecule is NC1=C(Nc2nc(-c3cccs3)c3c(c2F)CNC3=O)C=COC1. The lowest BCUT2D eigenvalue weighted by Gasteiger charge is -2.16. The number of nitrogens with zero attached hydrogens (tertiary/aromatic N) is 1. The molecule has 24 heavy (non-hydrogen) atoms. The topological polar surface area (TPSA) is 89.3 Å². The molecular weight excluding hydrogens is 331 g/mol. The molecule has 0 aromatic carbocycles. The number of carbonyl (C=O) groups is 1. The van der Waals surface area contributed by atoms with E-state index in [1.165, 1.54) is 17.6 Å². The molecule has 6 nitrogen and oxygen atoms in total. The van der Waals surface area contributed by atoms with E-state index >= 15 is 0 Å². The molecule has 0 atom stereocenters. The molecule has 0 radical (unpaired) electrons. The number of rotatable bonds is 3. The molecule has 0 saturated carbocycles. The molecule has 4 heterocycles. The van der Waals surface area contributed by atoms with E-state index in [0.717, 1.165) is 4.88 Å². The van der Waals surface area contributed by atoms with Crippen LogP contribution in [-0.4, -0.2) is 17.5 Å². The fraction of sp³-hybridized carbons (Fsp3) is 0.125. The van der Waals surface area contributed by atoms with Gasteiger partial charge in [-0.05, 0) is 17.5 Å². The maximum absolute atomic E-state index is 14.8. The zero-order valence-electron chi connectivity index (χ0n) is 12.4. The molecule has 0 unspecified atom stereocenters. The van der Waals surface area contributed by atoms with E-state index < -0.39 is 5.82 Å². The molecule has 1 amide bonds. The summed E-state index contributed by atoms with van der Waals surface area (Å²) in [7, 11) is 0. The van der Waals surface area contributed by atoms with Gasteiger partial charge in [-0.25, -0.2) is 9.37 Å². The average Bonchev–Trinajstić information content (AvgIpc) is 3.23. The molecule has 2 aromatic heterocycles. The summed E-state index contributed by atoms with van der Waals surface area (Å²) in [5.41, 5.74) is 7.93. The number of halogens is 1. The molecular formula is C16H13FN4O2S. The number of amides is 1. The van der Waals surface area contributed by atoms with Gasteiger partial charge in [0.05, 0.1) is 33.8 Å². The van der Waals surface area contributed by atoms with Crippen molar-refractivity contribution in [3.05, 3.63) is 58.2 Å². The summed E-state index contributed by atoms with van der Waals surface area (Å²) < 4.78 is 19.9. The van der Waals surface area contributed by atoms with Crippen molar-refractivity contribution in [3.8, 4) is 10.6 Å². The molecule has 0 aliphatic carbocycles. The Morgan fingerprint density at radius 2 is 2.33 bits per heavy atom. The first kappa shape index (κ1) is 14.7. The Morgan fingerprint density at radius 1 is 1.46 bits per heavy atom. The second-order valence-corrected chi connectivity index (χ2v) is 6.26. The second kappa shape index (κ2) is 5.64. The summed E-state index contributed by atoms with van der Waals surface area (Å²) in [4.78, 5) is 17.3. The van der Waals surface area contributed by atoms with Crippen molar-refractivity contribution in [1.82, 2.24) is 10.3 Å². The monoisotopic (exact) mass is 344 g/mol. The fourth-order valence-corrected chi connectivity index (χ4v) is 3.36. The van der Waals surface area contributed by atoms with E-state index in [0.29, 0.717) is 28.2 Å². The van der Waals surface area contributed by atoms with Gasteiger partial charge in [0, 0.05) is 12.1 Å². The van der Waals surface area contributed by atoms with Crippen LogP contribution in [0, 0.1) is 5.82 Å². The molecule has 2 aliphatic heterocycles. The summed E-state index contributed by atoms with van der Waals surface area (Å²) in [6.07, 6.45) is 3.09. The Hall–Kier alpha value is -2.87. The van der Waals surface area contributed by atoms with Crippen LogP contribution < -0.4 is 16.4 Å². The van der Waals surface area contributed by atoms with Gasteiger partial charge in [-0.3, -0.25) is 4.79 Å². The number of nitrogens with one attached hydrogen (secondary N) is 2. The number of thiophene rings is 1. The molecule has 0 fully saturated rings. The first-order chi connectivity index (χ1) is 11.6. The summed E-state index contributed by atoms with van der Waals surface area (Å²) >= 11 is 1.44. The number of hydrogen-bond donors (Lipinski definition) is 3. The number of pyridine rings is 1. The lowest BCUT2D eigenvalue weighted by molar-refractivity contribution is 0.0966. The fourth-order valence-electron chi connectivity index (χ4n) is 2.64. The van der Waals surface area contributed by atoms with Gasteiger partial charge in [0.25, 0.3) is 5.91 Å². The van der Waals surface area contributed by atoms with E-state index in [4.69, 9.17) is 10.5 Å². The number of allylic oxidation sites excluding steroid dienone is 1. The van der Waals surface area contributed by atoms with E-state index in [1.54, 1.807) is 6.08 Å². The quantitative estimate of drug-likeness (QED) is 0.795. The summed E-state index contributed by atoms with van der Waals surface area (Å²) in [5, 5.41) is 7.45. The Labute approximate surface area is 140 Å². The zero-order chi connectivity index (χ0) is 16.7. The smallest absolute Gasteiger partial charge is 0.254 e. The molecule has 4 rings (SSSR count). The summed E-state index contributed by atoms with van der Waals surface area (Å²) in [5.74, 6) is -0.821. The standard InChI is InChI=1S/C16H13FN4O2S/c17-13-8-6-19-16(22)12(8)14(11-2-1-5-24-11)21-15(13)20-10-3-4-23-7-9(10)18/h1-5H,6-7,18H2,(H,19,22)(H,20,21). The molecule has 0 saturated heterocycles. The van der Waals surface area contributed by atoms with Gasteiger partial charge in [0.15, 0.2) is 11.6 Å². The van der Waals surface area contributed by atoms with Crippen molar-refractivity contribution in [2.45, 2.75) is 6.54 Å². The van der Waals surface area contributed by atoms with Gasteiger partial charge in [0.2, 0.25) is 0 Å². The number of hydrogen-bond acceptors (Lipinski definition) is 6. The Bertz CT molecular complexity index is 890. The van der Waals surface area contributed by atoms with E-state index in [9.17, 15) is 9.18 Å². The van der Waals surface area contributed by atoms with Crippen molar-refractivity contribution < 1.29 is 13.9 Å². The highest BCUT2D eigenvalue weighted by Gasteiger charge is 2.30. The van der Waals surface area contributed by atoms with E-state index in [-0.39, 0.29) is 24.9 Å². The molecule has 4 N–H and O–H groups in total. The van der Waals surface area contributed by atoms with Crippen LogP contribution in [0.3, 0.4) is 0 Å². The highest BCUT2D eigenvalue weighted by molar-refractivity contribution is 7.13. The van der Waals surface area contributed by atoms with Gasteiger partial charge in [-0.1, -0.05) is 6.07 Å². The third-order valence-corrected chi connectivity index (χ3v) is 4.69. The molecule has 2 aliphatic rings. The lowest BCUT2D eigenvalue weighted by atomic mass is 10.1. The minimum atomic E-state index is -0.552. The van der Waals surface area contributed by atoms with Crippen LogP contribution in [0.1, 0.15) is 15.9 Å². The highest BCUT2D eigenvalue weighted by Crippen LogP contribution is 2.35. The van der Waals surface area contributed by atoms with Crippen LogP contribution in [-0.2, 0) is 11.3 Å². The third kappa shape index (κ3) is 2.31. The van der Waals surface area contributed by atoms with Crippen LogP contribution in [0.15, 0.2) is 41.2 Å². The predicted octanol–water partition coefficient (Wildman–Crippen LogP) is 2.32. The maximum Gasteiger partial charge on any atom is 0.254 e. The molecule has 0 bridgehead atoms. The molecule has 8 heteroatoms. The molecule has 2 aromatic rings. The Balaban J connectivity index is 1.86. The first-order valence-corrected chi connectivity index (χ1v) is 8.11. The van der Waals surface area contributed by atoms with Gasteiger partial charge in [-0.2, -0.15) is 0 Å². The van der Waals surface area contributed by atoms with E-state index in [1.807, 2.05) is 17.5 Å². The van der Waals surface area contributed by atoms with Gasteiger partial charge in [-0.15, -0.1) is 11.3 Å². The van der Waals surface area contributed by atoms with Crippen LogP contribution in [0.2, 0.25) is 0 Å².